The molecule has 0 aromatic heterocycles. The number of carbonyl (C=O) groups is 2. The second kappa shape index (κ2) is 13.4. The number of carbonyl (C=O) groups excluding carboxylic acids is 2. The van der Waals surface area contributed by atoms with E-state index >= 15 is 0 Å². The smallest absolute Gasteiger partial charge is 0.306 e. The minimum atomic E-state index is -0.724. The lowest BCUT2D eigenvalue weighted by molar-refractivity contribution is -0.326. The van der Waals surface area contributed by atoms with Gasteiger partial charge in [0.1, 0.15) is 35.3 Å². The molecule has 37 heavy (non-hydrogen) atoms. The zero-order chi connectivity index (χ0) is 26.2. The maximum Gasteiger partial charge on any atom is 0.306 e. The Morgan fingerprint density at radius 2 is 1.76 bits per heavy atom. The first-order valence-corrected chi connectivity index (χ1v) is 13.6. The van der Waals surface area contributed by atoms with Crippen molar-refractivity contribution in [1.29, 1.82) is 0 Å². The first kappa shape index (κ1) is 27.6. The fraction of sp³-hybridized carbons (Fsp3) is 0.500. The molecule has 0 unspecified atom stereocenters. The summed E-state index contributed by atoms with van der Waals surface area (Å²) in [5.74, 6) is 0.976. The van der Waals surface area contributed by atoms with Gasteiger partial charge in [0.2, 0.25) is 0 Å². The summed E-state index contributed by atoms with van der Waals surface area (Å²) in [4.78, 5) is 24.2. The van der Waals surface area contributed by atoms with E-state index in [1.807, 2.05) is 61.5 Å². The average molecular weight is 531 g/mol. The van der Waals surface area contributed by atoms with Gasteiger partial charge >= 0.3 is 5.97 Å². The van der Waals surface area contributed by atoms with Gasteiger partial charge in [0.25, 0.3) is 0 Å². The molecule has 2 saturated heterocycles. The van der Waals surface area contributed by atoms with E-state index < -0.39 is 42.1 Å². The predicted octanol–water partition coefficient (Wildman–Crippen LogP) is 4.45. The molecule has 2 aliphatic rings. The number of benzene rings is 2. The van der Waals surface area contributed by atoms with Crippen LogP contribution in [-0.4, -0.2) is 61.1 Å². The quantitative estimate of drug-likeness (QED) is 0.391. The number of thioether (sulfide) groups is 1. The molecule has 0 aliphatic carbocycles. The van der Waals surface area contributed by atoms with E-state index in [0.717, 1.165) is 22.6 Å². The lowest BCUT2D eigenvalue weighted by atomic mass is 9.98. The van der Waals surface area contributed by atoms with Crippen LogP contribution in [0.25, 0.3) is 0 Å². The van der Waals surface area contributed by atoms with Gasteiger partial charge in [-0.3, -0.25) is 4.79 Å². The van der Waals surface area contributed by atoms with Crippen LogP contribution < -0.4 is 4.74 Å². The number of ether oxygens (including phenoxy) is 6. The van der Waals surface area contributed by atoms with Crippen LogP contribution in [0.3, 0.4) is 0 Å². The molecule has 9 heteroatoms. The number of fused-ring (bicyclic) bond motifs is 1. The third kappa shape index (κ3) is 7.33. The van der Waals surface area contributed by atoms with Gasteiger partial charge in [-0.2, -0.15) is 0 Å². The van der Waals surface area contributed by atoms with E-state index in [9.17, 15) is 9.59 Å². The topological polar surface area (TPSA) is 89.5 Å². The van der Waals surface area contributed by atoms with Crippen molar-refractivity contribution in [2.45, 2.75) is 69.4 Å². The molecular weight excluding hydrogens is 496 g/mol. The van der Waals surface area contributed by atoms with Crippen molar-refractivity contribution in [2.75, 3.05) is 19.5 Å². The van der Waals surface area contributed by atoms with Crippen molar-refractivity contribution in [3.63, 3.8) is 0 Å². The van der Waals surface area contributed by atoms with Crippen LogP contribution in [0.2, 0.25) is 0 Å². The lowest BCUT2D eigenvalue weighted by Crippen LogP contribution is -2.62. The second-order valence-corrected chi connectivity index (χ2v) is 10.3. The zero-order valence-electron chi connectivity index (χ0n) is 21.4. The first-order chi connectivity index (χ1) is 18.0. The highest BCUT2D eigenvalue weighted by molar-refractivity contribution is 7.99. The molecule has 6 atom stereocenters. The van der Waals surface area contributed by atoms with Crippen LogP contribution in [-0.2, 0) is 39.9 Å². The van der Waals surface area contributed by atoms with Crippen LogP contribution in [0.5, 0.6) is 5.75 Å². The van der Waals surface area contributed by atoms with Crippen molar-refractivity contribution < 1.29 is 38.0 Å². The SMILES string of the molecule is CCS[C@@H]1O[C@@H]2CO[C@H](c3ccccc3)O[C@@H]2[C@H](OCc2ccc(OC)cc2)[C@H]1OC(=O)CCC(C)=O. The summed E-state index contributed by atoms with van der Waals surface area (Å²) in [5, 5.41) is 0. The van der Waals surface area contributed by atoms with E-state index in [-0.39, 0.29) is 25.2 Å². The number of ketones is 1. The largest absolute Gasteiger partial charge is 0.497 e. The summed E-state index contributed by atoms with van der Waals surface area (Å²) >= 11 is 1.54. The molecule has 200 valence electrons. The molecule has 2 fully saturated rings. The second-order valence-electron chi connectivity index (χ2n) is 8.96. The summed E-state index contributed by atoms with van der Waals surface area (Å²) in [7, 11) is 1.62. The molecule has 2 aliphatic heterocycles. The summed E-state index contributed by atoms with van der Waals surface area (Å²) < 4.78 is 36.4. The molecule has 8 nitrogen and oxygen atoms in total. The summed E-state index contributed by atoms with van der Waals surface area (Å²) in [6.45, 7) is 4.07. The van der Waals surface area contributed by atoms with Gasteiger partial charge in [-0.05, 0) is 30.4 Å². The number of esters is 1. The monoisotopic (exact) mass is 530 g/mol. The standard InChI is InChI=1S/C28H34O8S/c1-4-37-28-26(35-23(30)15-10-18(2)29)25(32-16-19-11-13-21(31-3)14-12-19)24-22(34-28)17-33-27(36-24)20-8-6-5-7-9-20/h5-9,11-14,22,24-28H,4,10,15-17H2,1-3H3/t22-,24+,25+,26-,27+,28+/m1/s1. The van der Waals surface area contributed by atoms with Gasteiger partial charge in [-0.15, -0.1) is 11.8 Å². The van der Waals surface area contributed by atoms with Gasteiger partial charge < -0.3 is 33.2 Å². The highest BCUT2D eigenvalue weighted by Gasteiger charge is 2.52. The Morgan fingerprint density at radius 3 is 2.43 bits per heavy atom. The molecule has 2 aromatic rings. The molecule has 0 spiro atoms. The van der Waals surface area contributed by atoms with Crippen molar-refractivity contribution in [1.82, 2.24) is 0 Å². The van der Waals surface area contributed by atoms with E-state index in [1.165, 1.54) is 18.7 Å². The fourth-order valence-electron chi connectivity index (χ4n) is 4.34. The predicted molar refractivity (Wildman–Crippen MR) is 138 cm³/mol. The minimum Gasteiger partial charge on any atom is -0.497 e. The Labute approximate surface area is 221 Å². The number of methoxy groups -OCH3 is 1. The number of rotatable bonds is 11. The zero-order valence-corrected chi connectivity index (χ0v) is 22.2. The van der Waals surface area contributed by atoms with Gasteiger partial charge in [-0.1, -0.05) is 49.4 Å². The van der Waals surface area contributed by atoms with Gasteiger partial charge in [-0.25, -0.2) is 0 Å². The highest BCUT2D eigenvalue weighted by atomic mass is 32.2. The molecule has 2 aromatic carbocycles. The lowest BCUT2D eigenvalue weighted by Gasteiger charge is -2.48. The van der Waals surface area contributed by atoms with Gasteiger partial charge in [0.05, 0.1) is 26.7 Å². The molecule has 2 heterocycles. The third-order valence-corrected chi connectivity index (χ3v) is 7.28. The number of hydrogen-bond donors (Lipinski definition) is 0. The van der Waals surface area contributed by atoms with Gasteiger partial charge in [0.15, 0.2) is 12.4 Å². The van der Waals surface area contributed by atoms with E-state index in [4.69, 9.17) is 28.4 Å². The Kier molecular flexibility index (Phi) is 9.99. The molecule has 0 amide bonds. The van der Waals surface area contributed by atoms with Crippen LogP contribution in [0, 0.1) is 0 Å². The minimum absolute atomic E-state index is 0.00521. The average Bonchev–Trinajstić information content (AvgIpc) is 2.92. The van der Waals surface area contributed by atoms with Crippen molar-refractivity contribution in [2.24, 2.45) is 0 Å². The van der Waals surface area contributed by atoms with Crippen molar-refractivity contribution in [3.8, 4) is 5.75 Å². The summed E-state index contributed by atoms with van der Waals surface area (Å²) in [5.41, 5.74) is 1.36. The Morgan fingerprint density at radius 1 is 1.00 bits per heavy atom. The Hall–Kier alpha value is -2.43. The third-order valence-electron chi connectivity index (χ3n) is 6.24. The summed E-state index contributed by atoms with van der Waals surface area (Å²) in [6.07, 6.45) is -2.72. The summed E-state index contributed by atoms with van der Waals surface area (Å²) in [6, 6.07) is 17.3. The normalized spacial score (nSPS) is 27.2. The first-order valence-electron chi connectivity index (χ1n) is 12.5. The van der Waals surface area contributed by atoms with Crippen LogP contribution >= 0.6 is 11.8 Å². The van der Waals surface area contributed by atoms with E-state index in [0.29, 0.717) is 6.61 Å². The molecule has 0 bridgehead atoms. The fourth-order valence-corrected chi connectivity index (χ4v) is 5.29. The van der Waals surface area contributed by atoms with E-state index in [2.05, 4.69) is 0 Å². The van der Waals surface area contributed by atoms with Crippen LogP contribution in [0.4, 0.5) is 0 Å². The molecule has 4 rings (SSSR count). The molecular formula is C28H34O8S. The highest BCUT2D eigenvalue weighted by Crippen LogP contribution is 2.39. The maximum atomic E-state index is 12.7. The number of hydrogen-bond acceptors (Lipinski definition) is 9. The van der Waals surface area contributed by atoms with Gasteiger partial charge in [0, 0.05) is 12.0 Å². The Balaban J connectivity index is 1.58. The van der Waals surface area contributed by atoms with E-state index in [1.54, 1.807) is 7.11 Å². The van der Waals surface area contributed by atoms with Crippen molar-refractivity contribution in [3.05, 3.63) is 65.7 Å². The molecule has 0 saturated carbocycles. The van der Waals surface area contributed by atoms with Crippen LogP contribution in [0.1, 0.15) is 44.1 Å². The van der Waals surface area contributed by atoms with Crippen LogP contribution in [0.15, 0.2) is 54.6 Å². The maximum absolute atomic E-state index is 12.7. The molecule has 0 N–H and O–H groups in total. The van der Waals surface area contributed by atoms with Crippen molar-refractivity contribution >= 4 is 23.5 Å². The Bertz CT molecular complexity index is 1010. The number of Topliss-reactive ketones (excluding diaryl/α,β-unsaturated/α-hetero) is 1. The molecule has 0 radical (unpaired) electrons.